The van der Waals surface area contributed by atoms with Gasteiger partial charge >= 0.3 is 0 Å². The van der Waals surface area contributed by atoms with Gasteiger partial charge in [0.25, 0.3) is 0 Å². The molecule has 0 amide bonds. The fourth-order valence-corrected chi connectivity index (χ4v) is 1.50. The zero-order valence-corrected chi connectivity index (χ0v) is 8.28. The van der Waals surface area contributed by atoms with Gasteiger partial charge in [-0.05, 0) is 25.5 Å². The Morgan fingerprint density at radius 2 is 2.00 bits per heavy atom. The first-order valence-corrected chi connectivity index (χ1v) is 4.77. The van der Waals surface area contributed by atoms with Crippen molar-refractivity contribution >= 4 is 14.0 Å². The lowest BCUT2D eigenvalue weighted by Crippen LogP contribution is -1.93. The summed E-state index contributed by atoms with van der Waals surface area (Å²) in [4.78, 5) is 11.1. The first-order valence-electron chi connectivity index (χ1n) is 3.72. The number of benzene rings is 1. The largest absolute Gasteiger partial charge is 0.322 e. The van der Waals surface area contributed by atoms with E-state index in [4.69, 9.17) is 0 Å². The van der Waals surface area contributed by atoms with E-state index in [1.165, 1.54) is 0 Å². The van der Waals surface area contributed by atoms with Crippen LogP contribution in [0.4, 0.5) is 0 Å². The molecule has 1 aromatic carbocycles. The van der Waals surface area contributed by atoms with Crippen molar-refractivity contribution in [2.24, 2.45) is 0 Å². The van der Waals surface area contributed by atoms with E-state index in [0.29, 0.717) is 5.56 Å². The van der Waals surface area contributed by atoms with E-state index in [-0.39, 0.29) is 5.52 Å². The second-order valence-corrected chi connectivity index (χ2v) is 3.56. The average Bonchev–Trinajstić information content (AvgIpc) is 2.08. The maximum Gasteiger partial charge on any atom is 0.215 e. The summed E-state index contributed by atoms with van der Waals surface area (Å²) in [6.45, 7) is 3.76. The lowest BCUT2D eigenvalue weighted by Gasteiger charge is -2.01. The molecule has 0 heterocycles. The van der Waals surface area contributed by atoms with E-state index in [0.717, 1.165) is 11.1 Å². The highest BCUT2D eigenvalue weighted by Crippen LogP contribution is 2.15. The van der Waals surface area contributed by atoms with Gasteiger partial charge in [-0.25, -0.2) is 0 Å². The molecule has 0 aliphatic carbocycles. The Labute approximate surface area is 72.8 Å². The standard InChI is InChI=1S/C9H11O2P/c1-6-3-4-7(2)8(5-6)9(10)12-11/h3-5H,12H2,1-2H3. The van der Waals surface area contributed by atoms with Crippen LogP contribution in [0.1, 0.15) is 21.5 Å². The number of hydrogen-bond donors (Lipinski definition) is 0. The van der Waals surface area contributed by atoms with Gasteiger partial charge in [0.1, 0.15) is 8.46 Å². The van der Waals surface area contributed by atoms with Crippen molar-refractivity contribution < 1.29 is 9.36 Å². The zero-order valence-electron chi connectivity index (χ0n) is 7.13. The summed E-state index contributed by atoms with van der Waals surface area (Å²) < 4.78 is 10.4. The highest BCUT2D eigenvalue weighted by Gasteiger charge is 2.05. The molecule has 0 radical (unpaired) electrons. The van der Waals surface area contributed by atoms with E-state index in [1.807, 2.05) is 26.0 Å². The zero-order chi connectivity index (χ0) is 9.14. The van der Waals surface area contributed by atoms with Gasteiger partial charge in [0.2, 0.25) is 5.52 Å². The molecular weight excluding hydrogens is 171 g/mol. The van der Waals surface area contributed by atoms with Crippen LogP contribution in [-0.2, 0) is 4.57 Å². The molecule has 12 heavy (non-hydrogen) atoms. The quantitative estimate of drug-likeness (QED) is 0.657. The fourth-order valence-electron chi connectivity index (χ4n) is 1.06. The third-order valence-electron chi connectivity index (χ3n) is 1.77. The first kappa shape index (κ1) is 9.21. The SMILES string of the molecule is Cc1ccc(C)c(C(=O)[PH2]=O)c1. The number of hydrogen-bond acceptors (Lipinski definition) is 2. The second kappa shape index (κ2) is 3.68. The van der Waals surface area contributed by atoms with Crippen molar-refractivity contribution in [3.63, 3.8) is 0 Å². The van der Waals surface area contributed by atoms with Crippen molar-refractivity contribution in [3.05, 3.63) is 34.9 Å². The van der Waals surface area contributed by atoms with Crippen molar-refractivity contribution in [2.75, 3.05) is 0 Å². The molecule has 0 bridgehead atoms. The highest BCUT2D eigenvalue weighted by molar-refractivity contribution is 7.47. The molecule has 0 saturated heterocycles. The molecule has 0 fully saturated rings. The molecule has 1 aromatic rings. The Morgan fingerprint density at radius 1 is 1.33 bits per heavy atom. The monoisotopic (exact) mass is 182 g/mol. The van der Waals surface area contributed by atoms with Crippen LogP contribution < -0.4 is 0 Å². The molecular formula is C9H11O2P. The molecule has 0 aliphatic heterocycles. The molecule has 0 saturated carbocycles. The van der Waals surface area contributed by atoms with Crippen LogP contribution in [0.25, 0.3) is 0 Å². The van der Waals surface area contributed by atoms with Gasteiger partial charge < -0.3 is 4.57 Å². The molecule has 1 atom stereocenters. The van der Waals surface area contributed by atoms with E-state index < -0.39 is 8.46 Å². The Bertz CT molecular complexity index is 331. The van der Waals surface area contributed by atoms with Gasteiger partial charge in [-0.1, -0.05) is 17.7 Å². The number of aryl methyl sites for hydroxylation is 2. The molecule has 0 aromatic heterocycles. The van der Waals surface area contributed by atoms with Crippen LogP contribution in [0.2, 0.25) is 0 Å². The molecule has 64 valence electrons. The molecule has 1 rings (SSSR count). The number of rotatable bonds is 2. The minimum atomic E-state index is -1.34. The van der Waals surface area contributed by atoms with E-state index in [1.54, 1.807) is 6.07 Å². The number of carbonyl (C=O) groups is 1. The van der Waals surface area contributed by atoms with Gasteiger partial charge in [-0.2, -0.15) is 0 Å². The summed E-state index contributed by atoms with van der Waals surface area (Å²) in [5.74, 6) is 0. The second-order valence-electron chi connectivity index (χ2n) is 2.80. The van der Waals surface area contributed by atoms with Crippen LogP contribution in [0.3, 0.4) is 0 Å². The van der Waals surface area contributed by atoms with E-state index in [2.05, 4.69) is 0 Å². The van der Waals surface area contributed by atoms with Gasteiger partial charge in [-0.15, -0.1) is 0 Å². The van der Waals surface area contributed by atoms with Gasteiger partial charge in [0.15, 0.2) is 0 Å². The topological polar surface area (TPSA) is 34.1 Å². The molecule has 2 nitrogen and oxygen atoms in total. The maximum atomic E-state index is 11.1. The minimum Gasteiger partial charge on any atom is -0.322 e. The summed E-state index contributed by atoms with van der Waals surface area (Å²) in [5.41, 5.74) is 2.28. The van der Waals surface area contributed by atoms with E-state index in [9.17, 15) is 9.36 Å². The van der Waals surface area contributed by atoms with Gasteiger partial charge in [0.05, 0.1) is 0 Å². The molecule has 0 aliphatic rings. The minimum absolute atomic E-state index is 0.240. The van der Waals surface area contributed by atoms with Crippen LogP contribution >= 0.6 is 8.46 Å². The first-order chi connectivity index (χ1) is 5.65. The highest BCUT2D eigenvalue weighted by atomic mass is 31.1. The molecule has 1 unspecified atom stereocenters. The predicted octanol–water partition coefficient (Wildman–Crippen LogP) is 2.20. The van der Waals surface area contributed by atoms with Crippen LogP contribution in [0.5, 0.6) is 0 Å². The van der Waals surface area contributed by atoms with Crippen molar-refractivity contribution in [2.45, 2.75) is 13.8 Å². The summed E-state index contributed by atoms with van der Waals surface area (Å²) in [5, 5.41) is 0. The van der Waals surface area contributed by atoms with Crippen LogP contribution in [0.15, 0.2) is 18.2 Å². The maximum absolute atomic E-state index is 11.1. The molecule has 0 spiro atoms. The van der Waals surface area contributed by atoms with Crippen LogP contribution in [0, 0.1) is 13.8 Å². The van der Waals surface area contributed by atoms with Crippen molar-refractivity contribution in [1.29, 1.82) is 0 Å². The smallest absolute Gasteiger partial charge is 0.215 e. The Kier molecular flexibility index (Phi) is 2.83. The summed E-state index contributed by atoms with van der Waals surface area (Å²) in [6, 6.07) is 5.59. The van der Waals surface area contributed by atoms with Crippen LogP contribution in [-0.4, -0.2) is 5.52 Å². The molecule has 3 heteroatoms. The van der Waals surface area contributed by atoms with Gasteiger partial charge in [0, 0.05) is 5.56 Å². The third-order valence-corrected chi connectivity index (χ3v) is 2.29. The normalized spacial score (nSPS) is 10.8. The lowest BCUT2D eigenvalue weighted by molar-refractivity contribution is 0.108. The fraction of sp³-hybridized carbons (Fsp3) is 0.222. The van der Waals surface area contributed by atoms with Crippen molar-refractivity contribution in [1.82, 2.24) is 0 Å². The van der Waals surface area contributed by atoms with E-state index >= 15 is 0 Å². The van der Waals surface area contributed by atoms with Gasteiger partial charge in [-0.3, -0.25) is 4.79 Å². The molecule has 0 N–H and O–H groups in total. The Morgan fingerprint density at radius 3 is 2.58 bits per heavy atom. The number of carbonyl (C=O) groups excluding carboxylic acids is 1. The summed E-state index contributed by atoms with van der Waals surface area (Å²) >= 11 is 0. The summed E-state index contributed by atoms with van der Waals surface area (Å²) in [7, 11) is -1.34. The predicted molar refractivity (Wildman–Crippen MR) is 50.6 cm³/mol. The van der Waals surface area contributed by atoms with Crippen molar-refractivity contribution in [3.8, 4) is 0 Å². The average molecular weight is 182 g/mol. The lowest BCUT2D eigenvalue weighted by atomic mass is 10.1. The third kappa shape index (κ3) is 1.83. The summed E-state index contributed by atoms with van der Waals surface area (Å²) in [6.07, 6.45) is 0. The Hall–Kier alpha value is -0.880. The Balaban J connectivity index is 3.22.